The molecule has 3 nitrogen and oxygen atoms in total. The Hall–Kier alpha value is -0.640. The highest BCUT2D eigenvalue weighted by Crippen LogP contribution is 2.35. The molecule has 5 heteroatoms. The van der Waals surface area contributed by atoms with Gasteiger partial charge in [0.25, 0.3) is 0 Å². The molecule has 14 heavy (non-hydrogen) atoms. The van der Waals surface area contributed by atoms with Crippen LogP contribution in [0.4, 0.5) is 11.4 Å². The smallest absolute Gasteiger partial charge is 0.161 e. The average Bonchev–Trinajstić information content (AvgIpc) is 2.24. The number of fused-ring (bicyclic) bond motifs is 1. The number of halogens is 2. The maximum atomic E-state index is 5.99. The van der Waals surface area contributed by atoms with Gasteiger partial charge in [0.15, 0.2) is 5.79 Å². The number of rotatable bonds is 0. The van der Waals surface area contributed by atoms with Gasteiger partial charge in [0.2, 0.25) is 0 Å². The molecule has 1 atom stereocenters. The first-order valence-corrected chi connectivity index (χ1v) is 4.01. The van der Waals surface area contributed by atoms with E-state index in [0.717, 1.165) is 11.4 Å². The minimum atomic E-state index is -0.455. The Kier molecular flexibility index (Phi) is 4.06. The maximum absolute atomic E-state index is 5.99. The molecule has 0 bridgehead atoms. The van der Waals surface area contributed by atoms with Gasteiger partial charge in [0.1, 0.15) is 0 Å². The number of hydrogen-bond acceptors (Lipinski definition) is 3. The fourth-order valence-electron chi connectivity index (χ4n) is 1.48. The highest BCUT2D eigenvalue weighted by Gasteiger charge is 2.32. The zero-order valence-electron chi connectivity index (χ0n) is 8.15. The van der Waals surface area contributed by atoms with Crippen LogP contribution in [0.15, 0.2) is 24.3 Å². The van der Waals surface area contributed by atoms with Gasteiger partial charge in [0, 0.05) is 7.05 Å². The van der Waals surface area contributed by atoms with Gasteiger partial charge in [0.05, 0.1) is 11.4 Å². The summed E-state index contributed by atoms with van der Waals surface area (Å²) >= 11 is 0. The van der Waals surface area contributed by atoms with Crippen molar-refractivity contribution in [1.29, 1.82) is 0 Å². The van der Waals surface area contributed by atoms with E-state index in [0.29, 0.717) is 0 Å². The maximum Gasteiger partial charge on any atom is 0.161 e. The van der Waals surface area contributed by atoms with Gasteiger partial charge >= 0.3 is 0 Å². The number of nitrogens with one attached hydrogen (secondary N) is 1. The SMILES string of the molecule is CN1c2ccccc2NC1(C)N.Cl.Cl. The Bertz CT molecular complexity index is 315. The molecule has 1 heterocycles. The number of nitrogens with zero attached hydrogens (tertiary/aromatic N) is 1. The third kappa shape index (κ3) is 1.90. The van der Waals surface area contributed by atoms with Crippen LogP contribution in [-0.4, -0.2) is 12.8 Å². The van der Waals surface area contributed by atoms with Crippen LogP contribution in [-0.2, 0) is 0 Å². The van der Waals surface area contributed by atoms with Crippen molar-refractivity contribution in [2.75, 3.05) is 17.3 Å². The van der Waals surface area contributed by atoms with Gasteiger partial charge in [-0.05, 0) is 19.1 Å². The van der Waals surface area contributed by atoms with Crippen molar-refractivity contribution >= 4 is 36.2 Å². The molecule has 1 aliphatic heterocycles. The van der Waals surface area contributed by atoms with Crippen molar-refractivity contribution in [1.82, 2.24) is 0 Å². The van der Waals surface area contributed by atoms with Crippen LogP contribution in [0, 0.1) is 0 Å². The van der Waals surface area contributed by atoms with Gasteiger partial charge in [-0.15, -0.1) is 24.8 Å². The van der Waals surface area contributed by atoms with Crippen molar-refractivity contribution in [3.63, 3.8) is 0 Å². The fraction of sp³-hybridized carbons (Fsp3) is 0.333. The molecule has 1 aliphatic rings. The summed E-state index contributed by atoms with van der Waals surface area (Å²) in [5.74, 6) is -0.455. The Morgan fingerprint density at radius 1 is 1.29 bits per heavy atom. The molecule has 0 saturated heterocycles. The topological polar surface area (TPSA) is 41.3 Å². The van der Waals surface area contributed by atoms with E-state index in [-0.39, 0.29) is 24.8 Å². The van der Waals surface area contributed by atoms with Crippen LogP contribution in [0.1, 0.15) is 6.92 Å². The summed E-state index contributed by atoms with van der Waals surface area (Å²) < 4.78 is 0. The molecule has 0 saturated carbocycles. The van der Waals surface area contributed by atoms with E-state index >= 15 is 0 Å². The second-order valence-electron chi connectivity index (χ2n) is 3.35. The van der Waals surface area contributed by atoms with Crippen molar-refractivity contribution in [3.05, 3.63) is 24.3 Å². The molecule has 1 unspecified atom stereocenters. The van der Waals surface area contributed by atoms with E-state index in [1.165, 1.54) is 0 Å². The van der Waals surface area contributed by atoms with E-state index < -0.39 is 5.79 Å². The van der Waals surface area contributed by atoms with Crippen molar-refractivity contribution in [2.24, 2.45) is 5.73 Å². The third-order valence-corrected chi connectivity index (χ3v) is 2.35. The second-order valence-corrected chi connectivity index (χ2v) is 3.35. The predicted molar refractivity (Wildman–Crippen MR) is 65.6 cm³/mol. The average molecular weight is 236 g/mol. The number of benzene rings is 1. The van der Waals surface area contributed by atoms with Crippen LogP contribution in [0.25, 0.3) is 0 Å². The standard InChI is InChI=1S/C9H13N3.2ClH/c1-9(10)11-7-5-3-4-6-8(7)12(9)2;;/h3-6,11H,10H2,1-2H3;2*1H. The van der Waals surface area contributed by atoms with Crippen LogP contribution < -0.4 is 16.0 Å². The highest BCUT2D eigenvalue weighted by atomic mass is 35.5. The molecule has 0 amide bonds. The lowest BCUT2D eigenvalue weighted by Crippen LogP contribution is -2.54. The van der Waals surface area contributed by atoms with Gasteiger partial charge < -0.3 is 10.2 Å². The summed E-state index contributed by atoms with van der Waals surface area (Å²) in [4.78, 5) is 2.03. The zero-order valence-corrected chi connectivity index (χ0v) is 9.78. The first-order valence-electron chi connectivity index (χ1n) is 4.01. The van der Waals surface area contributed by atoms with E-state index in [4.69, 9.17) is 5.73 Å². The summed E-state index contributed by atoms with van der Waals surface area (Å²) in [6, 6.07) is 8.10. The second kappa shape index (κ2) is 4.26. The quantitative estimate of drug-likeness (QED) is 0.724. The van der Waals surface area contributed by atoms with Crippen LogP contribution in [0.5, 0.6) is 0 Å². The normalized spacial score (nSPS) is 22.9. The minimum absolute atomic E-state index is 0. The largest absolute Gasteiger partial charge is 0.349 e. The summed E-state index contributed by atoms with van der Waals surface area (Å²) in [7, 11) is 1.98. The molecular formula is C9H15Cl2N3. The third-order valence-electron chi connectivity index (χ3n) is 2.35. The Balaban J connectivity index is 0.000000845. The van der Waals surface area contributed by atoms with Gasteiger partial charge in [-0.1, -0.05) is 12.1 Å². The molecule has 2 rings (SSSR count). The van der Waals surface area contributed by atoms with Gasteiger partial charge in [-0.25, -0.2) is 0 Å². The monoisotopic (exact) mass is 235 g/mol. The van der Waals surface area contributed by atoms with E-state index in [1.807, 2.05) is 37.1 Å². The lowest BCUT2D eigenvalue weighted by atomic mass is 10.3. The zero-order chi connectivity index (χ0) is 8.77. The Morgan fingerprint density at radius 2 is 1.86 bits per heavy atom. The molecule has 1 aromatic rings. The molecule has 3 N–H and O–H groups in total. The molecular weight excluding hydrogens is 221 g/mol. The van der Waals surface area contributed by atoms with Crippen LogP contribution in [0.3, 0.4) is 0 Å². The summed E-state index contributed by atoms with van der Waals surface area (Å²) in [6.45, 7) is 1.95. The first-order chi connectivity index (χ1) is 5.61. The van der Waals surface area contributed by atoms with E-state index in [9.17, 15) is 0 Å². The van der Waals surface area contributed by atoms with Gasteiger partial charge in [-0.3, -0.25) is 5.73 Å². The number of para-hydroxylation sites is 2. The predicted octanol–water partition coefficient (Wildman–Crippen LogP) is 2.02. The Morgan fingerprint density at radius 3 is 2.43 bits per heavy atom. The molecule has 0 fully saturated rings. The lowest BCUT2D eigenvalue weighted by molar-refractivity contribution is 0.548. The minimum Gasteiger partial charge on any atom is -0.349 e. The molecule has 0 spiro atoms. The number of hydrogen-bond donors (Lipinski definition) is 2. The summed E-state index contributed by atoms with van der Waals surface area (Å²) in [6.07, 6.45) is 0. The lowest BCUT2D eigenvalue weighted by Gasteiger charge is -2.29. The molecule has 0 radical (unpaired) electrons. The highest BCUT2D eigenvalue weighted by molar-refractivity contribution is 5.85. The number of nitrogens with two attached hydrogens (primary N) is 1. The molecule has 0 aliphatic carbocycles. The van der Waals surface area contributed by atoms with Crippen molar-refractivity contribution < 1.29 is 0 Å². The summed E-state index contributed by atoms with van der Waals surface area (Å²) in [5, 5.41) is 3.23. The molecule has 0 aromatic heterocycles. The molecule has 1 aromatic carbocycles. The fourth-order valence-corrected chi connectivity index (χ4v) is 1.48. The van der Waals surface area contributed by atoms with Gasteiger partial charge in [-0.2, -0.15) is 0 Å². The van der Waals surface area contributed by atoms with Crippen LogP contribution in [0.2, 0.25) is 0 Å². The van der Waals surface area contributed by atoms with Crippen molar-refractivity contribution in [2.45, 2.75) is 12.7 Å². The van der Waals surface area contributed by atoms with Crippen LogP contribution >= 0.6 is 24.8 Å². The number of anilines is 2. The summed E-state index contributed by atoms with van der Waals surface area (Å²) in [5.41, 5.74) is 8.24. The van der Waals surface area contributed by atoms with Crippen molar-refractivity contribution in [3.8, 4) is 0 Å². The van der Waals surface area contributed by atoms with E-state index in [1.54, 1.807) is 0 Å². The molecule has 80 valence electrons. The first kappa shape index (κ1) is 13.4. The van der Waals surface area contributed by atoms with E-state index in [2.05, 4.69) is 11.4 Å². The Labute approximate surface area is 96.5 Å².